The summed E-state index contributed by atoms with van der Waals surface area (Å²) in [5, 5.41) is 2.61. The summed E-state index contributed by atoms with van der Waals surface area (Å²) in [6, 6.07) is 12.3. The van der Waals surface area contributed by atoms with Crippen molar-refractivity contribution in [3.05, 3.63) is 87.8 Å². The third kappa shape index (κ3) is 3.63. The molecule has 0 unspecified atom stereocenters. The fraction of sp³-hybridized carbons (Fsp3) is 0.0526. The highest BCUT2D eigenvalue weighted by atomic mass is 19.1. The Bertz CT molecular complexity index is 995. The fourth-order valence-corrected chi connectivity index (χ4v) is 2.43. The van der Waals surface area contributed by atoms with Gasteiger partial charge in [0.1, 0.15) is 17.2 Å². The number of H-pyrrole nitrogens is 1. The number of aromatic amines is 1. The van der Waals surface area contributed by atoms with Crippen molar-refractivity contribution < 1.29 is 13.6 Å². The molecule has 0 aliphatic rings. The molecule has 3 aromatic rings. The first-order valence-electron chi connectivity index (χ1n) is 7.51. The van der Waals surface area contributed by atoms with Crippen molar-refractivity contribution in [1.82, 2.24) is 4.98 Å². The van der Waals surface area contributed by atoms with Gasteiger partial charge in [0.2, 0.25) is 0 Å². The third-order valence-electron chi connectivity index (χ3n) is 3.68. The summed E-state index contributed by atoms with van der Waals surface area (Å²) in [6.45, 7) is 1.70. The van der Waals surface area contributed by atoms with Crippen LogP contribution in [0.2, 0.25) is 0 Å². The highest BCUT2D eigenvalue weighted by molar-refractivity contribution is 6.06. The molecule has 0 aliphatic carbocycles. The number of anilines is 1. The Morgan fingerprint density at radius 3 is 2.32 bits per heavy atom. The van der Waals surface area contributed by atoms with Gasteiger partial charge in [-0.3, -0.25) is 9.59 Å². The van der Waals surface area contributed by atoms with E-state index in [0.717, 1.165) is 0 Å². The van der Waals surface area contributed by atoms with Crippen LogP contribution in [0.5, 0.6) is 0 Å². The third-order valence-corrected chi connectivity index (χ3v) is 3.68. The number of hydrogen-bond donors (Lipinski definition) is 2. The first-order valence-corrected chi connectivity index (χ1v) is 7.51. The van der Waals surface area contributed by atoms with E-state index in [4.69, 9.17) is 0 Å². The molecule has 0 fully saturated rings. The molecule has 1 amide bonds. The molecule has 126 valence electrons. The molecule has 2 N–H and O–H groups in total. The van der Waals surface area contributed by atoms with E-state index in [0.29, 0.717) is 22.5 Å². The molecule has 4 nitrogen and oxygen atoms in total. The van der Waals surface area contributed by atoms with E-state index in [9.17, 15) is 18.4 Å². The zero-order chi connectivity index (χ0) is 18.0. The lowest BCUT2D eigenvalue weighted by Crippen LogP contribution is -2.23. The lowest BCUT2D eigenvalue weighted by atomic mass is 10.0. The molecule has 0 bridgehead atoms. The number of aryl methyl sites for hydroxylation is 1. The van der Waals surface area contributed by atoms with Gasteiger partial charge in [0.05, 0.1) is 0 Å². The van der Waals surface area contributed by atoms with Crippen LogP contribution in [-0.2, 0) is 0 Å². The van der Waals surface area contributed by atoms with Crippen molar-refractivity contribution in [2.75, 3.05) is 5.32 Å². The average Bonchev–Trinajstić information content (AvgIpc) is 2.57. The second kappa shape index (κ2) is 6.68. The van der Waals surface area contributed by atoms with E-state index in [1.807, 2.05) is 0 Å². The van der Waals surface area contributed by atoms with Crippen molar-refractivity contribution in [3.63, 3.8) is 0 Å². The minimum Gasteiger partial charge on any atom is -0.326 e. The maximum Gasteiger partial charge on any atom is 0.261 e. The molecular weight excluding hydrogens is 326 g/mol. The van der Waals surface area contributed by atoms with E-state index in [1.54, 1.807) is 13.0 Å². The van der Waals surface area contributed by atoms with Gasteiger partial charge in [-0.2, -0.15) is 0 Å². The highest BCUT2D eigenvalue weighted by Gasteiger charge is 2.14. The Hall–Kier alpha value is -3.28. The second-order valence-electron chi connectivity index (χ2n) is 5.54. The number of hydrogen-bond acceptors (Lipinski definition) is 2. The average molecular weight is 340 g/mol. The molecule has 0 saturated heterocycles. The van der Waals surface area contributed by atoms with Crippen LogP contribution in [0, 0.1) is 18.6 Å². The minimum atomic E-state index is -0.615. The van der Waals surface area contributed by atoms with E-state index in [2.05, 4.69) is 10.3 Å². The molecule has 3 rings (SSSR count). The number of carbonyl (C=O) groups is 1. The van der Waals surface area contributed by atoms with Crippen LogP contribution in [0.3, 0.4) is 0 Å². The smallest absolute Gasteiger partial charge is 0.261 e. The molecule has 2 aromatic carbocycles. The molecule has 0 aliphatic heterocycles. The molecule has 1 aromatic heterocycles. The fourth-order valence-electron chi connectivity index (χ4n) is 2.43. The van der Waals surface area contributed by atoms with Crippen LogP contribution in [0.4, 0.5) is 14.5 Å². The molecule has 0 saturated carbocycles. The van der Waals surface area contributed by atoms with Crippen molar-refractivity contribution >= 4 is 11.6 Å². The van der Waals surface area contributed by atoms with Gasteiger partial charge in [0.15, 0.2) is 0 Å². The number of rotatable bonds is 3. The van der Waals surface area contributed by atoms with E-state index >= 15 is 0 Å². The van der Waals surface area contributed by atoms with Gasteiger partial charge in [-0.25, -0.2) is 8.78 Å². The number of halogens is 2. The topological polar surface area (TPSA) is 62.0 Å². The number of pyridine rings is 1. The van der Waals surface area contributed by atoms with Crippen LogP contribution in [0.25, 0.3) is 11.1 Å². The quantitative estimate of drug-likeness (QED) is 0.760. The number of carbonyl (C=O) groups excluding carboxylic acids is 1. The van der Waals surface area contributed by atoms with Crippen molar-refractivity contribution in [2.45, 2.75) is 6.92 Å². The summed E-state index contributed by atoms with van der Waals surface area (Å²) in [5.74, 6) is -1.53. The zero-order valence-electron chi connectivity index (χ0n) is 13.3. The summed E-state index contributed by atoms with van der Waals surface area (Å²) in [6.07, 6.45) is 0. The number of benzene rings is 2. The first-order chi connectivity index (χ1) is 11.9. The van der Waals surface area contributed by atoms with Gasteiger partial charge < -0.3 is 10.3 Å². The predicted octanol–water partition coefficient (Wildman–Crippen LogP) is 3.88. The summed E-state index contributed by atoms with van der Waals surface area (Å²) in [4.78, 5) is 26.8. The minimum absolute atomic E-state index is 0.0556. The van der Waals surface area contributed by atoms with Crippen molar-refractivity contribution in [2.24, 2.45) is 0 Å². The van der Waals surface area contributed by atoms with Gasteiger partial charge in [-0.05, 0) is 55.0 Å². The Labute approximate surface area is 142 Å². The summed E-state index contributed by atoms with van der Waals surface area (Å²) in [7, 11) is 0. The number of amides is 1. The lowest BCUT2D eigenvalue weighted by Gasteiger charge is -2.12. The van der Waals surface area contributed by atoms with Crippen LogP contribution >= 0.6 is 0 Å². The van der Waals surface area contributed by atoms with E-state index in [-0.39, 0.29) is 5.56 Å². The van der Waals surface area contributed by atoms with Crippen LogP contribution in [-0.4, -0.2) is 10.9 Å². The monoisotopic (exact) mass is 340 g/mol. The number of nitrogens with one attached hydrogen (secondary N) is 2. The Morgan fingerprint density at radius 1 is 0.960 bits per heavy atom. The van der Waals surface area contributed by atoms with Crippen LogP contribution in [0.15, 0.2) is 59.4 Å². The molecule has 0 atom stereocenters. The predicted molar refractivity (Wildman–Crippen MR) is 91.5 cm³/mol. The Kier molecular flexibility index (Phi) is 4.43. The molecule has 25 heavy (non-hydrogen) atoms. The van der Waals surface area contributed by atoms with Gasteiger partial charge in [-0.15, -0.1) is 0 Å². The number of aromatic nitrogens is 1. The van der Waals surface area contributed by atoms with Crippen molar-refractivity contribution in [3.8, 4) is 11.1 Å². The Balaban J connectivity index is 1.99. The summed E-state index contributed by atoms with van der Waals surface area (Å²) in [5.41, 5.74) is 1.31. The molecule has 1 heterocycles. The first kappa shape index (κ1) is 16.6. The lowest BCUT2D eigenvalue weighted by molar-refractivity contribution is 0.102. The highest BCUT2D eigenvalue weighted by Crippen LogP contribution is 2.29. The second-order valence-corrected chi connectivity index (χ2v) is 5.54. The molecule has 0 spiro atoms. The van der Waals surface area contributed by atoms with Crippen LogP contribution in [0.1, 0.15) is 16.1 Å². The van der Waals surface area contributed by atoms with E-state index in [1.165, 1.54) is 48.5 Å². The molecular formula is C19H14F2N2O2. The SMILES string of the molecule is Cc1ccc(C(=O)Nc2ccc(F)cc2-c2ccc(F)cc2)c(=O)[nH]1. The van der Waals surface area contributed by atoms with Gasteiger partial charge in [-0.1, -0.05) is 12.1 Å². The Morgan fingerprint density at radius 2 is 1.64 bits per heavy atom. The normalized spacial score (nSPS) is 10.5. The summed E-state index contributed by atoms with van der Waals surface area (Å²) < 4.78 is 26.7. The van der Waals surface area contributed by atoms with Gasteiger partial charge >= 0.3 is 0 Å². The maximum absolute atomic E-state index is 13.6. The molecule has 0 radical (unpaired) electrons. The zero-order valence-corrected chi connectivity index (χ0v) is 13.3. The summed E-state index contributed by atoms with van der Waals surface area (Å²) >= 11 is 0. The molecule has 6 heteroatoms. The van der Waals surface area contributed by atoms with Gasteiger partial charge in [0, 0.05) is 16.9 Å². The maximum atomic E-state index is 13.6. The van der Waals surface area contributed by atoms with Gasteiger partial charge in [0.25, 0.3) is 11.5 Å². The standard InChI is InChI=1S/C19H14F2N2O2/c1-11-2-8-15(18(24)22-11)19(25)23-17-9-7-14(21)10-16(17)12-3-5-13(20)6-4-12/h2-10H,1H3,(H,22,24)(H,23,25). The van der Waals surface area contributed by atoms with Crippen molar-refractivity contribution in [1.29, 1.82) is 0 Å². The van der Waals surface area contributed by atoms with Crippen LogP contribution < -0.4 is 10.9 Å². The largest absolute Gasteiger partial charge is 0.326 e. The van der Waals surface area contributed by atoms with E-state index < -0.39 is 23.1 Å².